The number of allylic oxidation sites excluding steroid dienone is 1. The van der Waals surface area contributed by atoms with E-state index in [1.165, 1.54) is 0 Å². The van der Waals surface area contributed by atoms with E-state index in [0.29, 0.717) is 5.84 Å². The van der Waals surface area contributed by atoms with Gasteiger partial charge in [-0.05, 0) is 6.92 Å². The molecule has 3 heteroatoms. The van der Waals surface area contributed by atoms with Gasteiger partial charge < -0.3 is 11.2 Å². The number of nitrogens with zero attached hydrogens (tertiary/aromatic N) is 1. The second-order valence-electron chi connectivity index (χ2n) is 2.49. The summed E-state index contributed by atoms with van der Waals surface area (Å²) >= 11 is 0. The van der Waals surface area contributed by atoms with Crippen molar-refractivity contribution < 1.29 is 0 Å². The minimum atomic E-state index is 0.508. The average Bonchev–Trinajstić information content (AvgIpc) is 2.21. The molecule has 14 heavy (non-hydrogen) atoms. The molecular weight excluding hydrogens is 174 g/mol. The first kappa shape index (κ1) is 12.2. The number of rotatable bonds is 2. The predicted octanol–water partition coefficient (Wildman–Crippen LogP) is 1.72. The maximum Gasteiger partial charge on any atom is 0.150 e. The van der Waals surface area contributed by atoms with Crippen LogP contribution in [0.2, 0.25) is 0 Å². The summed E-state index contributed by atoms with van der Waals surface area (Å²) in [7, 11) is 1.72. The molecule has 0 spiro atoms. The van der Waals surface area contributed by atoms with Gasteiger partial charge in [-0.15, -0.1) is 6.58 Å². The standard InChI is InChI=1S/C8H11N3.C3H6/c1-10-11-8(9)7-5-3-2-4-6-7;1-3-2/h2-6,10H,1H3,(H2,9,11);3H,1H2,2H3. The monoisotopic (exact) mass is 191 g/mol. The third kappa shape index (κ3) is 4.98. The highest BCUT2D eigenvalue weighted by Gasteiger charge is 1.93. The summed E-state index contributed by atoms with van der Waals surface area (Å²) < 4.78 is 0. The zero-order valence-electron chi connectivity index (χ0n) is 8.70. The zero-order valence-corrected chi connectivity index (χ0v) is 8.70. The predicted molar refractivity (Wildman–Crippen MR) is 62.1 cm³/mol. The molecule has 0 fully saturated rings. The number of benzene rings is 1. The highest BCUT2D eigenvalue weighted by Crippen LogP contribution is 1.96. The second kappa shape index (κ2) is 7.86. The SMILES string of the molecule is C=CC.CN/N=C(\N)c1ccccc1. The molecule has 0 amide bonds. The molecule has 1 aromatic carbocycles. The van der Waals surface area contributed by atoms with E-state index >= 15 is 0 Å². The molecule has 0 saturated heterocycles. The van der Waals surface area contributed by atoms with Gasteiger partial charge in [-0.2, -0.15) is 5.10 Å². The summed E-state index contributed by atoms with van der Waals surface area (Å²) in [6, 6.07) is 9.61. The molecule has 1 rings (SSSR count). The minimum Gasteiger partial charge on any atom is -0.382 e. The Kier molecular flexibility index (Phi) is 6.86. The van der Waals surface area contributed by atoms with Gasteiger partial charge in [0.05, 0.1) is 0 Å². The molecular formula is C11H17N3. The molecule has 0 atom stereocenters. The Hall–Kier alpha value is -1.77. The Labute approximate surface area is 85.3 Å². The smallest absolute Gasteiger partial charge is 0.150 e. The summed E-state index contributed by atoms with van der Waals surface area (Å²) in [6.45, 7) is 5.25. The fourth-order valence-corrected chi connectivity index (χ4v) is 0.794. The minimum absolute atomic E-state index is 0.508. The number of hydrogen-bond acceptors (Lipinski definition) is 2. The summed E-state index contributed by atoms with van der Waals surface area (Å²) in [5.41, 5.74) is 9.15. The van der Waals surface area contributed by atoms with Gasteiger partial charge in [-0.25, -0.2) is 0 Å². The van der Waals surface area contributed by atoms with Crippen LogP contribution in [0.4, 0.5) is 0 Å². The normalized spacial score (nSPS) is 9.71. The van der Waals surface area contributed by atoms with Gasteiger partial charge in [-0.3, -0.25) is 0 Å². The number of hydrazone groups is 1. The summed E-state index contributed by atoms with van der Waals surface area (Å²) in [5, 5.41) is 3.84. The van der Waals surface area contributed by atoms with Crippen molar-refractivity contribution in [1.29, 1.82) is 0 Å². The van der Waals surface area contributed by atoms with E-state index < -0.39 is 0 Å². The third-order valence-electron chi connectivity index (χ3n) is 1.30. The molecule has 0 aliphatic carbocycles. The van der Waals surface area contributed by atoms with E-state index in [-0.39, 0.29) is 0 Å². The first-order valence-corrected chi connectivity index (χ1v) is 4.38. The fraction of sp³-hybridized carbons (Fsp3) is 0.182. The van der Waals surface area contributed by atoms with Crippen LogP contribution in [0.25, 0.3) is 0 Å². The van der Waals surface area contributed by atoms with Gasteiger partial charge in [0.15, 0.2) is 5.84 Å². The van der Waals surface area contributed by atoms with Crippen LogP contribution in [0.5, 0.6) is 0 Å². The van der Waals surface area contributed by atoms with Crippen molar-refractivity contribution in [3.8, 4) is 0 Å². The molecule has 0 aromatic heterocycles. The van der Waals surface area contributed by atoms with E-state index in [9.17, 15) is 0 Å². The molecule has 3 nitrogen and oxygen atoms in total. The van der Waals surface area contributed by atoms with Crippen molar-refractivity contribution >= 4 is 5.84 Å². The Balaban J connectivity index is 0.000000500. The summed E-state index contributed by atoms with van der Waals surface area (Å²) in [5.74, 6) is 0.508. The first-order valence-electron chi connectivity index (χ1n) is 4.38. The van der Waals surface area contributed by atoms with Crippen molar-refractivity contribution in [1.82, 2.24) is 5.43 Å². The van der Waals surface area contributed by atoms with Crippen LogP contribution >= 0.6 is 0 Å². The maximum absolute atomic E-state index is 5.59. The fourth-order valence-electron chi connectivity index (χ4n) is 0.794. The summed E-state index contributed by atoms with van der Waals surface area (Å²) in [4.78, 5) is 0. The third-order valence-corrected chi connectivity index (χ3v) is 1.30. The number of nitrogens with two attached hydrogens (primary N) is 1. The van der Waals surface area contributed by atoms with Crippen molar-refractivity contribution in [3.05, 3.63) is 48.6 Å². The Morgan fingerprint density at radius 2 is 1.93 bits per heavy atom. The second-order valence-corrected chi connectivity index (χ2v) is 2.49. The van der Waals surface area contributed by atoms with E-state index in [1.807, 2.05) is 37.3 Å². The highest BCUT2D eigenvalue weighted by molar-refractivity contribution is 5.97. The average molecular weight is 191 g/mol. The van der Waals surface area contributed by atoms with Crippen LogP contribution in [-0.2, 0) is 0 Å². The van der Waals surface area contributed by atoms with Gasteiger partial charge in [0, 0.05) is 12.6 Å². The molecule has 0 aliphatic heterocycles. The quantitative estimate of drug-likeness (QED) is 0.323. The van der Waals surface area contributed by atoms with Crippen molar-refractivity contribution in [3.63, 3.8) is 0 Å². The molecule has 76 valence electrons. The lowest BCUT2D eigenvalue weighted by Gasteiger charge is -1.97. The van der Waals surface area contributed by atoms with Crippen LogP contribution in [0.3, 0.4) is 0 Å². The van der Waals surface area contributed by atoms with Crippen molar-refractivity contribution in [2.24, 2.45) is 10.8 Å². The number of amidine groups is 1. The zero-order chi connectivity index (χ0) is 10.8. The molecule has 3 N–H and O–H groups in total. The number of hydrogen-bond donors (Lipinski definition) is 2. The van der Waals surface area contributed by atoms with Gasteiger partial charge in [0.1, 0.15) is 0 Å². The van der Waals surface area contributed by atoms with E-state index in [1.54, 1.807) is 13.1 Å². The molecule has 0 unspecified atom stereocenters. The lowest BCUT2D eigenvalue weighted by Crippen LogP contribution is -2.16. The van der Waals surface area contributed by atoms with Gasteiger partial charge in [-0.1, -0.05) is 36.4 Å². The van der Waals surface area contributed by atoms with Gasteiger partial charge in [0.2, 0.25) is 0 Å². The molecule has 0 radical (unpaired) electrons. The van der Waals surface area contributed by atoms with E-state index in [2.05, 4.69) is 17.1 Å². The molecule has 0 saturated carbocycles. The van der Waals surface area contributed by atoms with Gasteiger partial charge in [0.25, 0.3) is 0 Å². The lowest BCUT2D eigenvalue weighted by atomic mass is 10.2. The van der Waals surface area contributed by atoms with Crippen molar-refractivity contribution in [2.45, 2.75) is 6.92 Å². The molecule has 1 aromatic rings. The van der Waals surface area contributed by atoms with Crippen LogP contribution in [-0.4, -0.2) is 12.9 Å². The van der Waals surface area contributed by atoms with Crippen LogP contribution in [0.15, 0.2) is 48.1 Å². The maximum atomic E-state index is 5.59. The molecule has 0 heterocycles. The molecule has 0 aliphatic rings. The lowest BCUT2D eigenvalue weighted by molar-refractivity contribution is 0.898. The van der Waals surface area contributed by atoms with E-state index in [4.69, 9.17) is 5.73 Å². The van der Waals surface area contributed by atoms with Crippen LogP contribution in [0.1, 0.15) is 12.5 Å². The van der Waals surface area contributed by atoms with E-state index in [0.717, 1.165) is 5.56 Å². The highest BCUT2D eigenvalue weighted by atomic mass is 15.3. The van der Waals surface area contributed by atoms with Gasteiger partial charge >= 0.3 is 0 Å². The Morgan fingerprint density at radius 1 is 1.43 bits per heavy atom. The Morgan fingerprint density at radius 3 is 2.36 bits per heavy atom. The molecule has 0 bridgehead atoms. The first-order chi connectivity index (χ1) is 6.76. The topological polar surface area (TPSA) is 50.4 Å². The largest absolute Gasteiger partial charge is 0.382 e. The van der Waals surface area contributed by atoms with Crippen LogP contribution in [0, 0.1) is 0 Å². The number of nitrogens with one attached hydrogen (secondary N) is 1. The Bertz CT molecular complexity index is 278. The van der Waals surface area contributed by atoms with Crippen molar-refractivity contribution in [2.75, 3.05) is 7.05 Å². The van der Waals surface area contributed by atoms with Crippen LogP contribution < -0.4 is 11.2 Å². The summed E-state index contributed by atoms with van der Waals surface area (Å²) in [6.07, 6.45) is 1.75.